The van der Waals surface area contributed by atoms with Crippen LogP contribution in [0.5, 0.6) is 0 Å². The molecule has 28 heavy (non-hydrogen) atoms. The number of anilines is 1. The zero-order valence-electron chi connectivity index (χ0n) is 15.9. The van der Waals surface area contributed by atoms with Crippen LogP contribution in [0.1, 0.15) is 18.1 Å². The minimum atomic E-state index is -0.669. The van der Waals surface area contributed by atoms with Crippen LogP contribution in [0.2, 0.25) is 0 Å². The van der Waals surface area contributed by atoms with Gasteiger partial charge < -0.3 is 15.4 Å². The van der Waals surface area contributed by atoms with Crippen LogP contribution < -0.4 is 10.6 Å². The van der Waals surface area contributed by atoms with Crippen molar-refractivity contribution in [1.82, 2.24) is 10.2 Å². The molecule has 0 aliphatic carbocycles. The lowest BCUT2D eigenvalue weighted by Crippen LogP contribution is -2.38. The molecule has 1 atom stereocenters. The third-order valence-electron chi connectivity index (χ3n) is 4.79. The summed E-state index contributed by atoms with van der Waals surface area (Å²) in [6, 6.07) is 10.5. The number of carbonyl (C=O) groups excluding carboxylic acids is 1. The van der Waals surface area contributed by atoms with Gasteiger partial charge in [-0.3, -0.25) is 9.69 Å². The lowest BCUT2D eigenvalue weighted by Gasteiger charge is -2.27. The van der Waals surface area contributed by atoms with Gasteiger partial charge in [-0.25, -0.2) is 8.78 Å². The summed E-state index contributed by atoms with van der Waals surface area (Å²) >= 11 is 0. The lowest BCUT2D eigenvalue weighted by atomic mass is 10.1. The fourth-order valence-electron chi connectivity index (χ4n) is 3.07. The predicted octanol–water partition coefficient (Wildman–Crippen LogP) is 2.91. The summed E-state index contributed by atoms with van der Waals surface area (Å²) in [5.74, 6) is -1.69. The van der Waals surface area contributed by atoms with E-state index < -0.39 is 23.6 Å². The molecule has 0 aromatic heterocycles. The van der Waals surface area contributed by atoms with E-state index in [9.17, 15) is 13.6 Å². The average Bonchev–Trinajstić information content (AvgIpc) is 2.70. The van der Waals surface area contributed by atoms with Crippen LogP contribution in [0.15, 0.2) is 42.5 Å². The SMILES string of the molecule is CC(NCc1ccccc1CN1CCOCC1)C(=O)Nc1cc(F)ccc1F. The molecule has 1 heterocycles. The predicted molar refractivity (Wildman–Crippen MR) is 104 cm³/mol. The number of nitrogens with one attached hydrogen (secondary N) is 2. The molecule has 3 rings (SSSR count). The van der Waals surface area contributed by atoms with Crippen LogP contribution in [-0.2, 0) is 22.6 Å². The Kier molecular flexibility index (Phi) is 7.08. The largest absolute Gasteiger partial charge is 0.379 e. The Bertz CT molecular complexity index is 810. The summed E-state index contributed by atoms with van der Waals surface area (Å²) in [6.45, 7) is 6.32. The minimum Gasteiger partial charge on any atom is -0.379 e. The maximum Gasteiger partial charge on any atom is 0.241 e. The van der Waals surface area contributed by atoms with Crippen LogP contribution in [0, 0.1) is 11.6 Å². The van der Waals surface area contributed by atoms with E-state index in [1.165, 1.54) is 5.56 Å². The Morgan fingerprint density at radius 2 is 1.86 bits per heavy atom. The number of nitrogens with zero attached hydrogens (tertiary/aromatic N) is 1. The van der Waals surface area contributed by atoms with E-state index in [1.54, 1.807) is 6.92 Å². The molecule has 7 heteroatoms. The van der Waals surface area contributed by atoms with Gasteiger partial charge in [0.05, 0.1) is 24.9 Å². The first-order valence-electron chi connectivity index (χ1n) is 9.39. The number of morpholine rings is 1. The zero-order chi connectivity index (χ0) is 19.9. The molecule has 1 fully saturated rings. The van der Waals surface area contributed by atoms with Crippen molar-refractivity contribution in [2.75, 3.05) is 31.6 Å². The molecule has 150 valence electrons. The van der Waals surface area contributed by atoms with Gasteiger partial charge in [-0.2, -0.15) is 0 Å². The Hall–Kier alpha value is -2.35. The molecule has 5 nitrogen and oxygen atoms in total. The van der Waals surface area contributed by atoms with Crippen LogP contribution in [0.4, 0.5) is 14.5 Å². The number of rotatable bonds is 7. The number of carbonyl (C=O) groups is 1. The number of hydrogen-bond donors (Lipinski definition) is 2. The molecule has 1 aliphatic rings. The van der Waals surface area contributed by atoms with Gasteiger partial charge >= 0.3 is 0 Å². The molecule has 1 aliphatic heterocycles. The molecule has 1 amide bonds. The smallest absolute Gasteiger partial charge is 0.241 e. The standard InChI is InChI=1S/C21H25F2N3O2/c1-15(21(27)25-20-12-18(22)6-7-19(20)23)24-13-16-4-2-3-5-17(16)14-26-8-10-28-11-9-26/h2-7,12,15,24H,8-11,13-14H2,1H3,(H,25,27). The quantitative estimate of drug-likeness (QED) is 0.765. The van der Waals surface area contributed by atoms with Gasteiger partial charge in [0.1, 0.15) is 11.6 Å². The molecule has 0 bridgehead atoms. The van der Waals surface area contributed by atoms with Gasteiger partial charge in [0.25, 0.3) is 0 Å². The Labute approximate surface area is 163 Å². The molecule has 0 saturated carbocycles. The maximum atomic E-state index is 13.7. The molecule has 2 aromatic rings. The molecule has 0 spiro atoms. The molecule has 1 unspecified atom stereocenters. The van der Waals surface area contributed by atoms with Crippen LogP contribution in [-0.4, -0.2) is 43.2 Å². The molecule has 0 radical (unpaired) electrons. The summed E-state index contributed by atoms with van der Waals surface area (Å²) < 4.78 is 32.4. The second kappa shape index (κ2) is 9.73. The number of benzene rings is 2. The van der Waals surface area contributed by atoms with Gasteiger partial charge in [-0.05, 0) is 30.2 Å². The molecular weight excluding hydrogens is 364 g/mol. The first kappa shape index (κ1) is 20.4. The second-order valence-electron chi connectivity index (χ2n) is 6.87. The number of hydrogen-bond acceptors (Lipinski definition) is 4. The fraction of sp³-hybridized carbons (Fsp3) is 0.381. The molecule has 2 aromatic carbocycles. The fourth-order valence-corrected chi connectivity index (χ4v) is 3.07. The molecule has 2 N–H and O–H groups in total. The zero-order valence-corrected chi connectivity index (χ0v) is 15.9. The first-order chi connectivity index (χ1) is 13.5. The summed E-state index contributed by atoms with van der Waals surface area (Å²) in [6.07, 6.45) is 0. The summed E-state index contributed by atoms with van der Waals surface area (Å²) in [7, 11) is 0. The van der Waals surface area contributed by atoms with Gasteiger partial charge in [-0.15, -0.1) is 0 Å². The summed E-state index contributed by atoms with van der Waals surface area (Å²) in [5.41, 5.74) is 2.14. The van der Waals surface area contributed by atoms with Crippen LogP contribution in [0.25, 0.3) is 0 Å². The number of amides is 1. The van der Waals surface area contributed by atoms with Crippen LogP contribution in [0.3, 0.4) is 0 Å². The highest BCUT2D eigenvalue weighted by molar-refractivity contribution is 5.94. The number of halogens is 2. The Morgan fingerprint density at radius 3 is 2.61 bits per heavy atom. The van der Waals surface area contributed by atoms with Crippen LogP contribution >= 0.6 is 0 Å². The topological polar surface area (TPSA) is 53.6 Å². The highest BCUT2D eigenvalue weighted by Gasteiger charge is 2.17. The molecular formula is C21H25F2N3O2. The van der Waals surface area contributed by atoms with Gasteiger partial charge in [0.2, 0.25) is 5.91 Å². The van der Waals surface area contributed by atoms with E-state index in [1.807, 2.05) is 18.2 Å². The minimum absolute atomic E-state index is 0.161. The van der Waals surface area contributed by atoms with Gasteiger partial charge in [0, 0.05) is 32.2 Å². The van der Waals surface area contributed by atoms with Gasteiger partial charge in [0.15, 0.2) is 0 Å². The van der Waals surface area contributed by atoms with Crippen molar-refractivity contribution < 1.29 is 18.3 Å². The van der Waals surface area contributed by atoms with Crippen molar-refractivity contribution in [3.63, 3.8) is 0 Å². The van der Waals surface area contributed by atoms with Crippen molar-refractivity contribution >= 4 is 11.6 Å². The average molecular weight is 389 g/mol. The normalized spacial score (nSPS) is 16.0. The van der Waals surface area contributed by atoms with Crippen molar-refractivity contribution in [2.45, 2.75) is 26.1 Å². The summed E-state index contributed by atoms with van der Waals surface area (Å²) in [4.78, 5) is 14.7. The Morgan fingerprint density at radius 1 is 1.14 bits per heavy atom. The first-order valence-corrected chi connectivity index (χ1v) is 9.39. The van der Waals surface area contributed by atoms with E-state index in [0.717, 1.165) is 56.6 Å². The number of ether oxygens (including phenoxy) is 1. The highest BCUT2D eigenvalue weighted by Crippen LogP contribution is 2.16. The van der Waals surface area contributed by atoms with E-state index in [4.69, 9.17) is 4.74 Å². The van der Waals surface area contributed by atoms with E-state index in [2.05, 4.69) is 21.6 Å². The van der Waals surface area contributed by atoms with Crippen molar-refractivity contribution in [2.24, 2.45) is 0 Å². The van der Waals surface area contributed by atoms with Gasteiger partial charge in [-0.1, -0.05) is 24.3 Å². The van der Waals surface area contributed by atoms with E-state index in [-0.39, 0.29) is 5.69 Å². The Balaban J connectivity index is 1.57. The van der Waals surface area contributed by atoms with E-state index in [0.29, 0.717) is 6.54 Å². The monoisotopic (exact) mass is 389 g/mol. The highest BCUT2D eigenvalue weighted by atomic mass is 19.1. The van der Waals surface area contributed by atoms with Crippen molar-refractivity contribution in [3.8, 4) is 0 Å². The lowest BCUT2D eigenvalue weighted by molar-refractivity contribution is -0.117. The van der Waals surface area contributed by atoms with Crippen molar-refractivity contribution in [3.05, 3.63) is 65.2 Å². The van der Waals surface area contributed by atoms with Crippen molar-refractivity contribution in [1.29, 1.82) is 0 Å². The molecule has 1 saturated heterocycles. The van der Waals surface area contributed by atoms with E-state index >= 15 is 0 Å². The maximum absolute atomic E-state index is 13.7. The third-order valence-corrected chi connectivity index (χ3v) is 4.79. The summed E-state index contributed by atoms with van der Waals surface area (Å²) in [5, 5.41) is 5.59. The third kappa shape index (κ3) is 5.58. The second-order valence-corrected chi connectivity index (χ2v) is 6.87.